The topological polar surface area (TPSA) is 71.0 Å². The van der Waals surface area contributed by atoms with Gasteiger partial charge in [-0.05, 0) is 36.6 Å². The zero-order valence-electron chi connectivity index (χ0n) is 15.6. The number of hydrogen-bond donors (Lipinski definition) is 1. The van der Waals surface area contributed by atoms with Gasteiger partial charge in [-0.1, -0.05) is 30.3 Å². The number of aromatic nitrogens is 3. The van der Waals surface area contributed by atoms with Gasteiger partial charge < -0.3 is 10.2 Å². The molecule has 0 saturated heterocycles. The highest BCUT2D eigenvalue weighted by atomic mass is 16.2. The van der Waals surface area contributed by atoms with Gasteiger partial charge in [-0.3, -0.25) is 9.78 Å². The molecule has 0 aliphatic heterocycles. The average molecular weight is 361 g/mol. The minimum absolute atomic E-state index is 0.114. The third kappa shape index (κ3) is 5.34. The molecule has 0 unspecified atom stereocenters. The van der Waals surface area contributed by atoms with Crippen LogP contribution in [0.15, 0.2) is 60.9 Å². The highest BCUT2D eigenvalue weighted by Gasteiger charge is 2.15. The summed E-state index contributed by atoms with van der Waals surface area (Å²) in [6.07, 6.45) is 4.29. The van der Waals surface area contributed by atoms with Crippen molar-refractivity contribution in [3.63, 3.8) is 0 Å². The van der Waals surface area contributed by atoms with E-state index < -0.39 is 0 Å². The maximum absolute atomic E-state index is 12.7. The van der Waals surface area contributed by atoms with Crippen molar-refractivity contribution in [1.82, 2.24) is 19.9 Å². The van der Waals surface area contributed by atoms with Crippen molar-refractivity contribution in [1.29, 1.82) is 0 Å². The van der Waals surface area contributed by atoms with Crippen LogP contribution in [0.5, 0.6) is 0 Å². The smallest absolute Gasteiger partial charge is 0.272 e. The Morgan fingerprint density at radius 1 is 1.04 bits per heavy atom. The number of hydrogen-bond acceptors (Lipinski definition) is 5. The summed E-state index contributed by atoms with van der Waals surface area (Å²) < 4.78 is 0. The van der Waals surface area contributed by atoms with E-state index in [2.05, 4.69) is 20.3 Å². The fourth-order valence-electron chi connectivity index (χ4n) is 2.70. The Bertz CT molecular complexity index is 884. The lowest BCUT2D eigenvalue weighted by atomic mass is 10.2. The Labute approximate surface area is 159 Å². The summed E-state index contributed by atoms with van der Waals surface area (Å²) in [5.74, 6) is 1.11. The van der Waals surface area contributed by atoms with E-state index in [4.69, 9.17) is 0 Å². The van der Waals surface area contributed by atoms with Crippen LogP contribution in [0.2, 0.25) is 0 Å². The summed E-state index contributed by atoms with van der Waals surface area (Å²) in [6, 6.07) is 15.7. The van der Waals surface area contributed by atoms with Gasteiger partial charge in [0.25, 0.3) is 5.91 Å². The molecule has 0 saturated carbocycles. The lowest BCUT2D eigenvalue weighted by Gasteiger charge is -2.17. The van der Waals surface area contributed by atoms with E-state index in [0.717, 1.165) is 17.5 Å². The molecule has 2 heterocycles. The molecular weight excluding hydrogens is 338 g/mol. The molecule has 0 aliphatic rings. The number of carbonyl (C=O) groups excluding carboxylic acids is 1. The fraction of sp³-hybridized carbons (Fsp3) is 0.238. The third-order valence-corrected chi connectivity index (χ3v) is 4.21. The molecule has 27 heavy (non-hydrogen) atoms. The number of amides is 1. The first kappa shape index (κ1) is 18.5. The van der Waals surface area contributed by atoms with E-state index in [1.807, 2.05) is 42.5 Å². The Balaban J connectivity index is 1.64. The number of benzene rings is 1. The quantitative estimate of drug-likeness (QED) is 0.700. The van der Waals surface area contributed by atoms with Crippen LogP contribution in [0.3, 0.4) is 0 Å². The van der Waals surface area contributed by atoms with Crippen LogP contribution in [0, 0.1) is 6.92 Å². The Hall–Kier alpha value is -3.28. The molecule has 3 rings (SSSR count). The van der Waals surface area contributed by atoms with Crippen LogP contribution in [0.25, 0.3) is 0 Å². The Kier molecular flexibility index (Phi) is 6.10. The second kappa shape index (κ2) is 8.89. The van der Waals surface area contributed by atoms with Crippen molar-refractivity contribution < 1.29 is 4.79 Å². The zero-order valence-corrected chi connectivity index (χ0v) is 15.6. The zero-order chi connectivity index (χ0) is 19.1. The van der Waals surface area contributed by atoms with Crippen LogP contribution in [0.4, 0.5) is 5.82 Å². The van der Waals surface area contributed by atoms with Crippen LogP contribution >= 0.6 is 0 Å². The summed E-state index contributed by atoms with van der Waals surface area (Å²) in [5.41, 5.74) is 2.69. The molecular formula is C21H23N5O. The molecule has 6 heteroatoms. The van der Waals surface area contributed by atoms with E-state index in [1.165, 1.54) is 0 Å². The fourth-order valence-corrected chi connectivity index (χ4v) is 2.70. The van der Waals surface area contributed by atoms with Gasteiger partial charge in [0.1, 0.15) is 17.3 Å². The van der Waals surface area contributed by atoms with Gasteiger partial charge in [0.2, 0.25) is 0 Å². The Morgan fingerprint density at radius 3 is 2.52 bits per heavy atom. The van der Waals surface area contributed by atoms with E-state index in [0.29, 0.717) is 30.4 Å². The van der Waals surface area contributed by atoms with Gasteiger partial charge in [0.05, 0.1) is 0 Å². The van der Waals surface area contributed by atoms with Crippen molar-refractivity contribution in [3.05, 3.63) is 83.6 Å². The number of anilines is 1. The van der Waals surface area contributed by atoms with Gasteiger partial charge in [0, 0.05) is 38.6 Å². The number of nitrogens with zero attached hydrogens (tertiary/aromatic N) is 4. The highest BCUT2D eigenvalue weighted by molar-refractivity contribution is 5.92. The number of rotatable bonds is 7. The second-order valence-electron chi connectivity index (χ2n) is 6.36. The highest BCUT2D eigenvalue weighted by Crippen LogP contribution is 2.11. The summed E-state index contributed by atoms with van der Waals surface area (Å²) >= 11 is 0. The predicted octanol–water partition coefficient (Wildman–Crippen LogP) is 3.11. The molecule has 0 radical (unpaired) electrons. The molecule has 0 spiro atoms. The molecule has 1 amide bonds. The van der Waals surface area contributed by atoms with Crippen LogP contribution in [0.1, 0.15) is 27.4 Å². The monoisotopic (exact) mass is 361 g/mol. The maximum atomic E-state index is 12.7. The van der Waals surface area contributed by atoms with Crippen LogP contribution < -0.4 is 5.32 Å². The first-order valence-corrected chi connectivity index (χ1v) is 8.89. The van der Waals surface area contributed by atoms with Crippen LogP contribution in [-0.2, 0) is 13.0 Å². The summed E-state index contributed by atoms with van der Waals surface area (Å²) in [5, 5.41) is 3.27. The van der Waals surface area contributed by atoms with Gasteiger partial charge in [-0.2, -0.15) is 0 Å². The summed E-state index contributed by atoms with van der Waals surface area (Å²) in [4.78, 5) is 27.1. The normalized spacial score (nSPS) is 10.4. The third-order valence-electron chi connectivity index (χ3n) is 4.21. The van der Waals surface area contributed by atoms with Gasteiger partial charge in [-0.15, -0.1) is 0 Å². The Morgan fingerprint density at radius 2 is 1.78 bits per heavy atom. The molecule has 6 nitrogen and oxygen atoms in total. The molecule has 1 N–H and O–H groups in total. The molecule has 0 atom stereocenters. The van der Waals surface area contributed by atoms with Crippen molar-refractivity contribution in [3.8, 4) is 0 Å². The molecule has 0 bridgehead atoms. The van der Waals surface area contributed by atoms with Crippen molar-refractivity contribution >= 4 is 11.7 Å². The first-order chi connectivity index (χ1) is 13.1. The lowest BCUT2D eigenvalue weighted by molar-refractivity contribution is 0.0790. The largest absolute Gasteiger partial charge is 0.366 e. The maximum Gasteiger partial charge on any atom is 0.272 e. The minimum atomic E-state index is -0.114. The number of likely N-dealkylation sites (N-methyl/N-ethyl adjacent to an activating group) is 1. The van der Waals surface area contributed by atoms with E-state index in [9.17, 15) is 4.79 Å². The standard InChI is InChI=1S/C21H23N5O/c1-16-24-19(14-20(25-16)23-15-18-6-4-3-5-7-18)21(27)26(2)13-10-17-8-11-22-12-9-17/h3-9,11-12,14H,10,13,15H2,1-2H3,(H,23,24,25). The number of aryl methyl sites for hydroxylation is 1. The van der Waals surface area contributed by atoms with Gasteiger partial charge in [-0.25, -0.2) is 9.97 Å². The predicted molar refractivity (Wildman–Crippen MR) is 105 cm³/mol. The van der Waals surface area contributed by atoms with E-state index in [1.54, 1.807) is 37.3 Å². The summed E-state index contributed by atoms with van der Waals surface area (Å²) in [6.45, 7) is 3.04. The van der Waals surface area contributed by atoms with Crippen LogP contribution in [-0.4, -0.2) is 39.4 Å². The van der Waals surface area contributed by atoms with Crippen molar-refractivity contribution in [2.45, 2.75) is 19.9 Å². The molecule has 0 aliphatic carbocycles. The SMILES string of the molecule is Cc1nc(NCc2ccccc2)cc(C(=O)N(C)CCc2ccncc2)n1. The van der Waals surface area contributed by atoms with Gasteiger partial charge in [0.15, 0.2) is 0 Å². The first-order valence-electron chi connectivity index (χ1n) is 8.89. The minimum Gasteiger partial charge on any atom is -0.366 e. The average Bonchev–Trinajstić information content (AvgIpc) is 2.71. The van der Waals surface area contributed by atoms with Crippen molar-refractivity contribution in [2.24, 2.45) is 0 Å². The second-order valence-corrected chi connectivity index (χ2v) is 6.36. The molecule has 138 valence electrons. The molecule has 3 aromatic rings. The number of carbonyl (C=O) groups is 1. The number of nitrogens with one attached hydrogen (secondary N) is 1. The van der Waals surface area contributed by atoms with E-state index >= 15 is 0 Å². The van der Waals surface area contributed by atoms with Gasteiger partial charge >= 0.3 is 0 Å². The van der Waals surface area contributed by atoms with E-state index in [-0.39, 0.29) is 5.91 Å². The molecule has 1 aromatic carbocycles. The molecule has 2 aromatic heterocycles. The number of pyridine rings is 1. The summed E-state index contributed by atoms with van der Waals surface area (Å²) in [7, 11) is 1.79. The van der Waals surface area contributed by atoms with Crippen molar-refractivity contribution in [2.75, 3.05) is 18.9 Å². The molecule has 0 fully saturated rings. The lowest BCUT2D eigenvalue weighted by Crippen LogP contribution is -2.30.